The predicted octanol–water partition coefficient (Wildman–Crippen LogP) is 3.25. The van der Waals surface area contributed by atoms with Crippen molar-refractivity contribution < 1.29 is 9.26 Å². The SMILES string of the molecule is CCCNC(C)c1nc(C(OCC)C(C)(C)C)no1. The Kier molecular flexibility index (Phi) is 5.94. The zero-order valence-corrected chi connectivity index (χ0v) is 13.0. The van der Waals surface area contributed by atoms with Crippen LogP contribution in [-0.2, 0) is 4.74 Å². The molecule has 1 aromatic heterocycles. The lowest BCUT2D eigenvalue weighted by Crippen LogP contribution is -2.23. The number of hydrogen-bond acceptors (Lipinski definition) is 5. The maximum atomic E-state index is 5.76. The van der Waals surface area contributed by atoms with Gasteiger partial charge < -0.3 is 14.6 Å². The quantitative estimate of drug-likeness (QED) is 0.823. The van der Waals surface area contributed by atoms with Gasteiger partial charge in [0, 0.05) is 6.61 Å². The smallest absolute Gasteiger partial charge is 0.243 e. The Morgan fingerprint density at radius 3 is 2.53 bits per heavy atom. The van der Waals surface area contributed by atoms with Crippen molar-refractivity contribution in [2.75, 3.05) is 13.2 Å². The molecule has 0 aliphatic heterocycles. The molecule has 19 heavy (non-hydrogen) atoms. The molecule has 2 atom stereocenters. The van der Waals surface area contributed by atoms with E-state index in [2.05, 4.69) is 43.2 Å². The van der Waals surface area contributed by atoms with Crippen LogP contribution in [0.15, 0.2) is 4.52 Å². The molecule has 0 radical (unpaired) electrons. The monoisotopic (exact) mass is 269 g/mol. The Hall–Kier alpha value is -0.940. The van der Waals surface area contributed by atoms with Crippen LogP contribution in [0.25, 0.3) is 0 Å². The van der Waals surface area contributed by atoms with Crippen LogP contribution in [0, 0.1) is 5.41 Å². The summed E-state index contributed by atoms with van der Waals surface area (Å²) in [5.74, 6) is 1.26. The maximum absolute atomic E-state index is 5.76. The van der Waals surface area contributed by atoms with Gasteiger partial charge >= 0.3 is 0 Å². The largest absolute Gasteiger partial charge is 0.370 e. The van der Waals surface area contributed by atoms with E-state index in [4.69, 9.17) is 9.26 Å². The van der Waals surface area contributed by atoms with E-state index in [0.717, 1.165) is 13.0 Å². The van der Waals surface area contributed by atoms with Crippen molar-refractivity contribution in [3.8, 4) is 0 Å². The van der Waals surface area contributed by atoms with Crippen molar-refractivity contribution in [1.29, 1.82) is 0 Å². The molecule has 0 aliphatic rings. The first-order valence-electron chi connectivity index (χ1n) is 7.08. The van der Waals surface area contributed by atoms with Crippen molar-refractivity contribution in [3.63, 3.8) is 0 Å². The first kappa shape index (κ1) is 16.1. The van der Waals surface area contributed by atoms with E-state index in [0.29, 0.717) is 18.3 Å². The van der Waals surface area contributed by atoms with Crippen LogP contribution in [0.1, 0.15) is 71.8 Å². The molecule has 5 nitrogen and oxygen atoms in total. The van der Waals surface area contributed by atoms with Crippen molar-refractivity contribution in [2.24, 2.45) is 5.41 Å². The minimum absolute atomic E-state index is 0.0583. The summed E-state index contributed by atoms with van der Waals surface area (Å²) in [7, 11) is 0. The van der Waals surface area contributed by atoms with Gasteiger partial charge in [-0.25, -0.2) is 0 Å². The highest BCUT2D eigenvalue weighted by molar-refractivity contribution is 4.98. The van der Waals surface area contributed by atoms with Gasteiger partial charge in [-0.2, -0.15) is 4.98 Å². The zero-order chi connectivity index (χ0) is 14.5. The molecule has 1 aromatic rings. The second kappa shape index (κ2) is 7.01. The summed E-state index contributed by atoms with van der Waals surface area (Å²) in [6, 6.07) is 0.0726. The lowest BCUT2D eigenvalue weighted by molar-refractivity contribution is -0.0203. The van der Waals surface area contributed by atoms with Crippen molar-refractivity contribution >= 4 is 0 Å². The van der Waals surface area contributed by atoms with Crippen LogP contribution < -0.4 is 5.32 Å². The molecule has 2 unspecified atom stereocenters. The summed E-state index contributed by atoms with van der Waals surface area (Å²) in [5.41, 5.74) is -0.0583. The summed E-state index contributed by atoms with van der Waals surface area (Å²) in [5, 5.41) is 7.41. The van der Waals surface area contributed by atoms with E-state index >= 15 is 0 Å². The van der Waals surface area contributed by atoms with Gasteiger partial charge in [-0.05, 0) is 32.2 Å². The van der Waals surface area contributed by atoms with Gasteiger partial charge in [0.2, 0.25) is 11.7 Å². The van der Waals surface area contributed by atoms with Crippen LogP contribution in [0.4, 0.5) is 0 Å². The van der Waals surface area contributed by atoms with Crippen molar-refractivity contribution in [2.45, 2.75) is 60.1 Å². The number of nitrogens with zero attached hydrogens (tertiary/aromatic N) is 2. The standard InChI is InChI=1S/C14H27N3O2/c1-7-9-15-10(3)13-16-12(17-19-13)11(18-8-2)14(4,5)6/h10-11,15H,7-9H2,1-6H3. The fraction of sp³-hybridized carbons (Fsp3) is 0.857. The Morgan fingerprint density at radius 2 is 2.00 bits per heavy atom. The highest BCUT2D eigenvalue weighted by Crippen LogP contribution is 2.34. The molecular formula is C14H27N3O2. The van der Waals surface area contributed by atoms with Gasteiger partial charge in [0.1, 0.15) is 6.10 Å². The van der Waals surface area contributed by atoms with Crippen LogP contribution in [-0.4, -0.2) is 23.3 Å². The molecule has 1 heterocycles. The summed E-state index contributed by atoms with van der Waals surface area (Å²) >= 11 is 0. The minimum Gasteiger partial charge on any atom is -0.370 e. The molecule has 0 aromatic carbocycles. The molecule has 0 saturated heterocycles. The van der Waals surface area contributed by atoms with E-state index in [1.54, 1.807) is 0 Å². The van der Waals surface area contributed by atoms with Gasteiger partial charge in [0.25, 0.3) is 0 Å². The zero-order valence-electron chi connectivity index (χ0n) is 13.0. The van der Waals surface area contributed by atoms with Crippen molar-refractivity contribution in [1.82, 2.24) is 15.5 Å². The lowest BCUT2D eigenvalue weighted by atomic mass is 9.88. The summed E-state index contributed by atoms with van der Waals surface area (Å²) in [6.07, 6.45) is 0.933. The third kappa shape index (κ3) is 4.58. The van der Waals surface area contributed by atoms with Gasteiger partial charge in [-0.3, -0.25) is 0 Å². The number of aromatic nitrogens is 2. The molecule has 0 saturated carbocycles. The Labute approximate surface area is 116 Å². The first-order valence-corrected chi connectivity index (χ1v) is 7.08. The molecule has 0 bridgehead atoms. The molecule has 5 heteroatoms. The summed E-state index contributed by atoms with van der Waals surface area (Å²) in [6.45, 7) is 14.0. The van der Waals surface area contributed by atoms with E-state index in [9.17, 15) is 0 Å². The number of rotatable bonds is 7. The van der Waals surface area contributed by atoms with Gasteiger partial charge in [0.15, 0.2) is 0 Å². The molecule has 0 amide bonds. The van der Waals surface area contributed by atoms with Gasteiger partial charge in [-0.1, -0.05) is 32.9 Å². The maximum Gasteiger partial charge on any atom is 0.243 e. The summed E-state index contributed by atoms with van der Waals surface area (Å²) in [4.78, 5) is 4.48. The third-order valence-electron chi connectivity index (χ3n) is 2.88. The Morgan fingerprint density at radius 1 is 1.32 bits per heavy atom. The van der Waals surface area contributed by atoms with Crippen LogP contribution in [0.5, 0.6) is 0 Å². The molecule has 0 aliphatic carbocycles. The van der Waals surface area contributed by atoms with Crippen molar-refractivity contribution in [3.05, 3.63) is 11.7 Å². The van der Waals surface area contributed by atoms with Crippen LogP contribution in [0.2, 0.25) is 0 Å². The van der Waals surface area contributed by atoms with E-state index in [-0.39, 0.29) is 17.6 Å². The van der Waals surface area contributed by atoms with Crippen LogP contribution in [0.3, 0.4) is 0 Å². The molecule has 110 valence electrons. The predicted molar refractivity (Wildman–Crippen MR) is 74.8 cm³/mol. The van der Waals surface area contributed by atoms with Crippen LogP contribution >= 0.6 is 0 Å². The van der Waals surface area contributed by atoms with Gasteiger partial charge in [-0.15, -0.1) is 0 Å². The first-order chi connectivity index (χ1) is 8.90. The average molecular weight is 269 g/mol. The normalized spacial score (nSPS) is 15.5. The molecule has 1 rings (SSSR count). The Balaban J connectivity index is 2.81. The average Bonchev–Trinajstić information content (AvgIpc) is 2.80. The second-order valence-corrected chi connectivity index (χ2v) is 5.87. The van der Waals surface area contributed by atoms with Gasteiger partial charge in [0.05, 0.1) is 6.04 Å². The molecule has 0 spiro atoms. The number of nitrogens with one attached hydrogen (secondary N) is 1. The molecular weight excluding hydrogens is 242 g/mol. The highest BCUT2D eigenvalue weighted by Gasteiger charge is 2.31. The fourth-order valence-electron chi connectivity index (χ4n) is 1.86. The fourth-order valence-corrected chi connectivity index (χ4v) is 1.86. The third-order valence-corrected chi connectivity index (χ3v) is 2.88. The number of hydrogen-bond donors (Lipinski definition) is 1. The topological polar surface area (TPSA) is 60.2 Å². The van der Waals surface area contributed by atoms with E-state index in [1.165, 1.54) is 0 Å². The highest BCUT2D eigenvalue weighted by atomic mass is 16.5. The lowest BCUT2D eigenvalue weighted by Gasteiger charge is -2.27. The molecule has 1 N–H and O–H groups in total. The number of ether oxygens (including phenoxy) is 1. The van der Waals surface area contributed by atoms with E-state index in [1.807, 2.05) is 13.8 Å². The Bertz CT molecular complexity index is 371. The summed E-state index contributed by atoms with van der Waals surface area (Å²) < 4.78 is 11.1. The second-order valence-electron chi connectivity index (χ2n) is 5.87. The molecule has 0 fully saturated rings. The van der Waals surface area contributed by atoms with E-state index < -0.39 is 0 Å². The minimum atomic E-state index is -0.145.